The van der Waals surface area contributed by atoms with E-state index in [0.717, 1.165) is 20.2 Å². The molecular formula is C10H11ClN2S. The summed E-state index contributed by atoms with van der Waals surface area (Å²) in [6.07, 6.45) is 0. The molecule has 4 heteroatoms. The monoisotopic (exact) mass is 226 g/mol. The summed E-state index contributed by atoms with van der Waals surface area (Å²) >= 11 is 7.61. The molecular weight excluding hydrogens is 216 g/mol. The third-order valence-corrected chi connectivity index (χ3v) is 3.79. The SMILES string of the molecule is CC(C)(N)c1nc2cccc(Cl)c2s1. The van der Waals surface area contributed by atoms with Crippen molar-refractivity contribution in [1.82, 2.24) is 4.98 Å². The normalized spacial score (nSPS) is 12.3. The molecule has 0 aliphatic rings. The Morgan fingerprint density at radius 3 is 2.71 bits per heavy atom. The van der Waals surface area contributed by atoms with E-state index >= 15 is 0 Å². The lowest BCUT2D eigenvalue weighted by atomic mass is 10.1. The maximum absolute atomic E-state index is 6.05. The van der Waals surface area contributed by atoms with Gasteiger partial charge < -0.3 is 5.73 Å². The summed E-state index contributed by atoms with van der Waals surface area (Å²) in [5, 5.41) is 1.66. The van der Waals surface area contributed by atoms with E-state index in [1.165, 1.54) is 0 Å². The molecule has 0 aliphatic heterocycles. The maximum atomic E-state index is 6.05. The zero-order chi connectivity index (χ0) is 10.3. The highest BCUT2D eigenvalue weighted by Crippen LogP contribution is 2.32. The third-order valence-electron chi connectivity index (χ3n) is 1.92. The Bertz CT molecular complexity index is 470. The lowest BCUT2D eigenvalue weighted by Gasteiger charge is -2.13. The van der Waals surface area contributed by atoms with Crippen molar-refractivity contribution in [2.24, 2.45) is 5.73 Å². The van der Waals surface area contributed by atoms with Crippen molar-refractivity contribution in [2.45, 2.75) is 19.4 Å². The van der Waals surface area contributed by atoms with Crippen molar-refractivity contribution in [1.29, 1.82) is 0 Å². The van der Waals surface area contributed by atoms with Crippen LogP contribution in [0.2, 0.25) is 5.02 Å². The van der Waals surface area contributed by atoms with Gasteiger partial charge in [0.1, 0.15) is 5.01 Å². The lowest BCUT2D eigenvalue weighted by molar-refractivity contribution is 0.551. The van der Waals surface area contributed by atoms with E-state index in [-0.39, 0.29) is 0 Å². The summed E-state index contributed by atoms with van der Waals surface area (Å²) in [5.41, 5.74) is 6.51. The number of nitrogens with two attached hydrogens (primary N) is 1. The van der Waals surface area contributed by atoms with Crippen LogP contribution in [0, 0.1) is 0 Å². The molecule has 0 saturated heterocycles. The highest BCUT2D eigenvalue weighted by molar-refractivity contribution is 7.19. The van der Waals surface area contributed by atoms with Crippen molar-refractivity contribution in [2.75, 3.05) is 0 Å². The van der Waals surface area contributed by atoms with Crippen molar-refractivity contribution < 1.29 is 0 Å². The van der Waals surface area contributed by atoms with E-state index in [1.54, 1.807) is 11.3 Å². The quantitative estimate of drug-likeness (QED) is 0.812. The molecule has 0 spiro atoms. The standard InChI is InChI=1S/C10H11ClN2S/c1-10(2,12)9-13-7-5-3-4-6(11)8(7)14-9/h3-5H,12H2,1-2H3. The average molecular weight is 227 g/mol. The van der Waals surface area contributed by atoms with Gasteiger partial charge in [-0.05, 0) is 26.0 Å². The van der Waals surface area contributed by atoms with Gasteiger partial charge in [0, 0.05) is 0 Å². The minimum atomic E-state index is -0.396. The lowest BCUT2D eigenvalue weighted by Crippen LogP contribution is -2.28. The summed E-state index contributed by atoms with van der Waals surface area (Å²) in [6, 6.07) is 5.72. The second-order valence-corrected chi connectivity index (χ2v) is 5.24. The Morgan fingerprint density at radius 2 is 2.14 bits per heavy atom. The molecule has 1 aromatic heterocycles. The van der Waals surface area contributed by atoms with Crippen LogP contribution in [0.4, 0.5) is 0 Å². The Morgan fingerprint density at radius 1 is 1.43 bits per heavy atom. The first-order valence-corrected chi connectivity index (χ1v) is 5.52. The average Bonchev–Trinajstić information content (AvgIpc) is 2.48. The summed E-state index contributed by atoms with van der Waals surface area (Å²) < 4.78 is 1.02. The summed E-state index contributed by atoms with van der Waals surface area (Å²) in [6.45, 7) is 3.89. The maximum Gasteiger partial charge on any atom is 0.113 e. The molecule has 0 atom stereocenters. The van der Waals surface area contributed by atoms with Crippen LogP contribution >= 0.6 is 22.9 Å². The Balaban J connectivity index is 2.69. The molecule has 0 radical (unpaired) electrons. The minimum absolute atomic E-state index is 0.396. The second-order valence-electron chi connectivity index (χ2n) is 3.83. The van der Waals surface area contributed by atoms with E-state index in [0.29, 0.717) is 0 Å². The number of hydrogen-bond acceptors (Lipinski definition) is 3. The van der Waals surface area contributed by atoms with Crippen LogP contribution in [0.25, 0.3) is 10.2 Å². The van der Waals surface area contributed by atoms with Crippen LogP contribution in [0.15, 0.2) is 18.2 Å². The number of benzene rings is 1. The molecule has 0 saturated carbocycles. The number of fused-ring (bicyclic) bond motifs is 1. The molecule has 2 N–H and O–H groups in total. The zero-order valence-corrected chi connectivity index (χ0v) is 9.62. The zero-order valence-electron chi connectivity index (χ0n) is 8.04. The topological polar surface area (TPSA) is 38.9 Å². The smallest absolute Gasteiger partial charge is 0.113 e. The van der Waals surface area contributed by atoms with E-state index < -0.39 is 5.54 Å². The minimum Gasteiger partial charge on any atom is -0.320 e. The summed E-state index contributed by atoms with van der Waals surface area (Å²) in [4.78, 5) is 4.45. The molecule has 0 fully saturated rings. The number of rotatable bonds is 1. The van der Waals surface area contributed by atoms with Crippen LogP contribution in [0.5, 0.6) is 0 Å². The number of halogens is 1. The third kappa shape index (κ3) is 1.63. The first-order chi connectivity index (χ1) is 6.48. The Kier molecular flexibility index (Phi) is 2.26. The molecule has 0 amide bonds. The van der Waals surface area contributed by atoms with Crippen LogP contribution in [0.1, 0.15) is 18.9 Å². The molecule has 0 unspecified atom stereocenters. The molecule has 14 heavy (non-hydrogen) atoms. The van der Waals surface area contributed by atoms with Gasteiger partial charge in [-0.3, -0.25) is 0 Å². The van der Waals surface area contributed by atoms with Gasteiger partial charge in [-0.1, -0.05) is 17.7 Å². The molecule has 1 heterocycles. The van der Waals surface area contributed by atoms with Gasteiger partial charge in [0.15, 0.2) is 0 Å². The van der Waals surface area contributed by atoms with Gasteiger partial charge >= 0.3 is 0 Å². The fraction of sp³-hybridized carbons (Fsp3) is 0.300. The van der Waals surface area contributed by atoms with Gasteiger partial charge in [0.2, 0.25) is 0 Å². The highest BCUT2D eigenvalue weighted by atomic mass is 35.5. The Labute approximate surface area is 91.7 Å². The predicted molar refractivity (Wildman–Crippen MR) is 61.8 cm³/mol. The molecule has 0 bridgehead atoms. The van der Waals surface area contributed by atoms with Gasteiger partial charge in [-0.2, -0.15) is 0 Å². The van der Waals surface area contributed by atoms with Crippen molar-refractivity contribution in [3.8, 4) is 0 Å². The van der Waals surface area contributed by atoms with Crippen LogP contribution in [-0.2, 0) is 5.54 Å². The molecule has 2 nitrogen and oxygen atoms in total. The van der Waals surface area contributed by atoms with Crippen molar-refractivity contribution >= 4 is 33.2 Å². The fourth-order valence-corrected chi connectivity index (χ4v) is 2.46. The molecule has 0 aliphatic carbocycles. The van der Waals surface area contributed by atoms with E-state index in [1.807, 2.05) is 32.0 Å². The number of thiazole rings is 1. The molecule has 1 aromatic carbocycles. The molecule has 2 aromatic rings. The van der Waals surface area contributed by atoms with Gasteiger partial charge in [0.25, 0.3) is 0 Å². The molecule has 2 rings (SSSR count). The van der Waals surface area contributed by atoms with Gasteiger partial charge in [-0.25, -0.2) is 4.98 Å². The predicted octanol–water partition coefficient (Wildman–Crippen LogP) is 3.14. The summed E-state index contributed by atoms with van der Waals surface area (Å²) in [5.74, 6) is 0. The van der Waals surface area contributed by atoms with Crippen LogP contribution < -0.4 is 5.73 Å². The number of aromatic nitrogens is 1. The largest absolute Gasteiger partial charge is 0.320 e. The number of nitrogens with zero attached hydrogens (tertiary/aromatic N) is 1. The number of hydrogen-bond donors (Lipinski definition) is 1. The van der Waals surface area contributed by atoms with E-state index in [9.17, 15) is 0 Å². The Hall–Kier alpha value is -0.640. The van der Waals surface area contributed by atoms with Crippen LogP contribution in [0.3, 0.4) is 0 Å². The second kappa shape index (κ2) is 3.19. The van der Waals surface area contributed by atoms with E-state index in [4.69, 9.17) is 17.3 Å². The highest BCUT2D eigenvalue weighted by Gasteiger charge is 2.19. The van der Waals surface area contributed by atoms with Gasteiger partial charge in [-0.15, -0.1) is 11.3 Å². The first-order valence-electron chi connectivity index (χ1n) is 4.33. The van der Waals surface area contributed by atoms with Crippen molar-refractivity contribution in [3.63, 3.8) is 0 Å². The van der Waals surface area contributed by atoms with Gasteiger partial charge in [0.05, 0.1) is 20.8 Å². The molecule has 74 valence electrons. The summed E-state index contributed by atoms with van der Waals surface area (Å²) in [7, 11) is 0. The van der Waals surface area contributed by atoms with Crippen LogP contribution in [-0.4, -0.2) is 4.98 Å². The van der Waals surface area contributed by atoms with E-state index in [2.05, 4.69) is 4.98 Å². The fourth-order valence-electron chi connectivity index (χ4n) is 1.19. The van der Waals surface area contributed by atoms with Crippen molar-refractivity contribution in [3.05, 3.63) is 28.2 Å². The first kappa shape index (κ1) is 9.90.